The number of nitrogens with zero attached hydrogens (tertiary/aromatic N) is 4. The van der Waals surface area contributed by atoms with Crippen LogP contribution >= 0.6 is 0 Å². The predicted octanol–water partition coefficient (Wildman–Crippen LogP) is 2.50. The van der Waals surface area contributed by atoms with Gasteiger partial charge in [0, 0.05) is 12.1 Å². The van der Waals surface area contributed by atoms with Gasteiger partial charge in [-0.25, -0.2) is 0 Å². The summed E-state index contributed by atoms with van der Waals surface area (Å²) in [6.07, 6.45) is 5.94. The summed E-state index contributed by atoms with van der Waals surface area (Å²) in [6.45, 7) is 3.48. The Hall–Kier alpha value is -2.86. The molecule has 0 aromatic heterocycles. The number of piperidine rings is 1. The number of phenols is 1. The van der Waals surface area contributed by atoms with E-state index in [1.54, 1.807) is 0 Å². The number of fused-ring (bicyclic) bond motifs is 2. The first-order valence-electron chi connectivity index (χ1n) is 8.89. The summed E-state index contributed by atoms with van der Waals surface area (Å²) in [5.74, 6) is -1.21. The highest BCUT2D eigenvalue weighted by Crippen LogP contribution is 2.39. The maximum absolute atomic E-state index is 10.4. The lowest BCUT2D eigenvalue weighted by atomic mass is 10.00. The number of hydrogen-bond donors (Lipinski definition) is 2. The Balaban J connectivity index is 0.000000207. The Labute approximate surface area is 159 Å². The minimum absolute atomic E-state index is 0.00407. The third-order valence-corrected chi connectivity index (χ3v) is 5.00. The topological polar surface area (TPSA) is 173 Å². The molecule has 0 saturated carbocycles. The smallest absolute Gasteiger partial charge is 0.324 e. The second-order valence-electron chi connectivity index (χ2n) is 6.85. The van der Waals surface area contributed by atoms with Crippen LogP contribution in [-0.4, -0.2) is 54.6 Å². The van der Waals surface area contributed by atoms with E-state index in [-0.39, 0.29) is 6.10 Å². The summed E-state index contributed by atoms with van der Waals surface area (Å²) in [5, 5.41) is 49.8. The molecule has 2 N–H and O–H groups in total. The second-order valence-corrected chi connectivity index (χ2v) is 6.85. The van der Waals surface area contributed by atoms with E-state index in [4.69, 9.17) is 5.11 Å². The number of nitro groups is 3. The quantitative estimate of drug-likeness (QED) is 0.558. The zero-order valence-electron chi connectivity index (χ0n) is 15.3. The summed E-state index contributed by atoms with van der Waals surface area (Å²) >= 11 is 0. The standard InChI is InChI=1S/C10H19NO.C6H3N3O7/c1-2-5-11-8-3-4-9(11)7-10(12)6-8;10-6-4(8(13)14)1-3(7(11)12)2-5(6)9(15)16/h8-10,12H,2-7H2,1H3;1-2,10H. The lowest BCUT2D eigenvalue weighted by Gasteiger charge is -2.36. The van der Waals surface area contributed by atoms with Crippen molar-refractivity contribution < 1.29 is 25.0 Å². The molecule has 2 heterocycles. The van der Waals surface area contributed by atoms with Gasteiger partial charge in [0.2, 0.25) is 0 Å². The van der Waals surface area contributed by atoms with Crippen LogP contribution in [0.4, 0.5) is 17.1 Å². The maximum Gasteiger partial charge on any atom is 0.324 e. The average molecular weight is 398 g/mol. The molecule has 0 aliphatic carbocycles. The van der Waals surface area contributed by atoms with Gasteiger partial charge in [-0.15, -0.1) is 0 Å². The van der Waals surface area contributed by atoms with Gasteiger partial charge < -0.3 is 10.2 Å². The predicted molar refractivity (Wildman–Crippen MR) is 97.1 cm³/mol. The fraction of sp³-hybridized carbons (Fsp3) is 0.625. The van der Waals surface area contributed by atoms with Crippen LogP contribution in [0, 0.1) is 30.3 Å². The summed E-state index contributed by atoms with van der Waals surface area (Å²) in [6, 6.07) is 2.31. The van der Waals surface area contributed by atoms with E-state index in [1.165, 1.54) is 25.8 Å². The summed E-state index contributed by atoms with van der Waals surface area (Å²) in [5.41, 5.74) is -3.00. The van der Waals surface area contributed by atoms with Gasteiger partial charge in [-0.3, -0.25) is 35.2 Å². The first-order valence-corrected chi connectivity index (χ1v) is 8.89. The summed E-state index contributed by atoms with van der Waals surface area (Å²) in [4.78, 5) is 30.4. The lowest BCUT2D eigenvalue weighted by Crippen LogP contribution is -2.44. The normalized spacial score (nSPS) is 23.6. The van der Waals surface area contributed by atoms with E-state index >= 15 is 0 Å². The number of aromatic hydroxyl groups is 1. The van der Waals surface area contributed by atoms with E-state index in [0.29, 0.717) is 24.2 Å². The van der Waals surface area contributed by atoms with E-state index in [2.05, 4.69) is 11.8 Å². The number of nitro benzene ring substituents is 3. The molecule has 2 saturated heterocycles. The summed E-state index contributed by atoms with van der Waals surface area (Å²) in [7, 11) is 0. The number of phenolic OH excluding ortho intramolecular Hbond substituents is 1. The molecule has 12 heteroatoms. The van der Waals surface area contributed by atoms with Crippen molar-refractivity contribution in [1.29, 1.82) is 0 Å². The Morgan fingerprint density at radius 2 is 1.46 bits per heavy atom. The number of aliphatic hydroxyl groups excluding tert-OH is 1. The molecule has 2 fully saturated rings. The molecule has 0 spiro atoms. The third-order valence-electron chi connectivity index (χ3n) is 5.00. The molecule has 2 aliphatic rings. The zero-order chi connectivity index (χ0) is 21.0. The molecule has 0 radical (unpaired) electrons. The van der Waals surface area contributed by atoms with Gasteiger partial charge in [0.1, 0.15) is 0 Å². The van der Waals surface area contributed by atoms with Crippen LogP contribution < -0.4 is 0 Å². The van der Waals surface area contributed by atoms with Crippen LogP contribution in [-0.2, 0) is 0 Å². The first-order chi connectivity index (χ1) is 13.1. The fourth-order valence-electron chi connectivity index (χ4n) is 3.84. The van der Waals surface area contributed by atoms with Crippen LogP contribution in [0.15, 0.2) is 12.1 Å². The molecule has 28 heavy (non-hydrogen) atoms. The lowest BCUT2D eigenvalue weighted by molar-refractivity contribution is -0.404. The largest absolute Gasteiger partial charge is 0.497 e. The van der Waals surface area contributed by atoms with Crippen LogP contribution in [0.3, 0.4) is 0 Å². The van der Waals surface area contributed by atoms with Crippen molar-refractivity contribution in [3.05, 3.63) is 42.5 Å². The molecule has 2 aliphatic heterocycles. The average Bonchev–Trinajstić information content (AvgIpc) is 2.85. The number of benzene rings is 1. The van der Waals surface area contributed by atoms with Crippen molar-refractivity contribution in [3.8, 4) is 5.75 Å². The van der Waals surface area contributed by atoms with Crippen molar-refractivity contribution in [2.45, 2.75) is 57.2 Å². The number of aliphatic hydroxyl groups is 1. The zero-order valence-corrected chi connectivity index (χ0v) is 15.3. The third kappa shape index (κ3) is 4.70. The maximum atomic E-state index is 10.4. The van der Waals surface area contributed by atoms with Crippen molar-refractivity contribution in [2.24, 2.45) is 0 Å². The first kappa shape index (κ1) is 21.4. The molecule has 1 aromatic rings. The van der Waals surface area contributed by atoms with Crippen LogP contribution in [0.5, 0.6) is 5.75 Å². The van der Waals surface area contributed by atoms with Gasteiger partial charge in [-0.2, -0.15) is 0 Å². The van der Waals surface area contributed by atoms with Gasteiger partial charge in [-0.1, -0.05) is 6.92 Å². The highest BCUT2D eigenvalue weighted by Gasteiger charge is 2.39. The van der Waals surface area contributed by atoms with Crippen molar-refractivity contribution >= 4 is 17.1 Å². The molecule has 0 amide bonds. The van der Waals surface area contributed by atoms with Crippen molar-refractivity contribution in [1.82, 2.24) is 4.90 Å². The van der Waals surface area contributed by atoms with E-state index in [0.717, 1.165) is 12.8 Å². The Morgan fingerprint density at radius 1 is 1.00 bits per heavy atom. The highest BCUT2D eigenvalue weighted by molar-refractivity contribution is 5.64. The minimum atomic E-state index is -1.21. The highest BCUT2D eigenvalue weighted by atomic mass is 16.6. The molecular weight excluding hydrogens is 376 g/mol. The molecule has 154 valence electrons. The van der Waals surface area contributed by atoms with Crippen molar-refractivity contribution in [3.63, 3.8) is 0 Å². The van der Waals surface area contributed by atoms with Crippen LogP contribution in [0.2, 0.25) is 0 Å². The summed E-state index contributed by atoms with van der Waals surface area (Å²) < 4.78 is 0. The van der Waals surface area contributed by atoms with Gasteiger partial charge in [-0.05, 0) is 38.6 Å². The minimum Gasteiger partial charge on any atom is -0.497 e. The monoisotopic (exact) mass is 398 g/mol. The van der Waals surface area contributed by atoms with E-state index in [9.17, 15) is 35.4 Å². The van der Waals surface area contributed by atoms with Gasteiger partial charge >= 0.3 is 11.4 Å². The van der Waals surface area contributed by atoms with Gasteiger partial charge in [0.25, 0.3) is 11.4 Å². The van der Waals surface area contributed by atoms with Crippen molar-refractivity contribution in [2.75, 3.05) is 6.54 Å². The number of non-ortho nitro benzene ring substituents is 1. The fourth-order valence-corrected chi connectivity index (χ4v) is 3.84. The molecule has 2 atom stereocenters. The van der Waals surface area contributed by atoms with E-state index in [1.807, 2.05) is 0 Å². The van der Waals surface area contributed by atoms with Gasteiger partial charge in [0.05, 0.1) is 33.0 Å². The molecule has 1 aromatic carbocycles. The SMILES string of the molecule is CCCN1C2CCC1CC(O)C2.O=[N+]([O-])c1cc([N+](=O)[O-])c(O)c([N+](=O)[O-])c1. The molecular formula is C16H22N4O8. The van der Waals surface area contributed by atoms with E-state index < -0.39 is 37.6 Å². The Bertz CT molecular complexity index is 722. The Kier molecular flexibility index (Phi) is 6.80. The number of hydrogen-bond acceptors (Lipinski definition) is 9. The van der Waals surface area contributed by atoms with Crippen LogP contribution in [0.1, 0.15) is 39.0 Å². The molecule has 12 nitrogen and oxygen atoms in total. The molecule has 2 bridgehead atoms. The Morgan fingerprint density at radius 3 is 1.82 bits per heavy atom. The van der Waals surface area contributed by atoms with Crippen LogP contribution in [0.25, 0.3) is 0 Å². The second kappa shape index (κ2) is 8.89. The molecule has 3 rings (SSSR count). The number of rotatable bonds is 5. The molecule has 2 unspecified atom stereocenters. The van der Waals surface area contributed by atoms with Gasteiger partial charge in [0.15, 0.2) is 0 Å².